The van der Waals surface area contributed by atoms with Gasteiger partial charge in [-0.25, -0.2) is 9.59 Å². The maximum atomic E-state index is 12.6. The van der Waals surface area contributed by atoms with Crippen LogP contribution < -0.4 is 5.63 Å². The molecule has 0 saturated carbocycles. The number of methoxy groups -OCH3 is 1. The van der Waals surface area contributed by atoms with Gasteiger partial charge in [-0.1, -0.05) is 36.4 Å². The molecule has 1 aromatic heterocycles. The number of hydrogen-bond acceptors (Lipinski definition) is 5. The van der Waals surface area contributed by atoms with Crippen LogP contribution in [0.1, 0.15) is 26.5 Å². The summed E-state index contributed by atoms with van der Waals surface area (Å²) >= 11 is 0. The number of fused-ring (bicyclic) bond motifs is 1. The number of ether oxygens (including phenoxy) is 1. The molecule has 0 aliphatic rings. The number of carbonyl (C=O) groups is 2. The molecule has 5 nitrogen and oxygen atoms in total. The van der Waals surface area contributed by atoms with Crippen molar-refractivity contribution < 1.29 is 18.7 Å². The fourth-order valence-electron chi connectivity index (χ4n) is 2.35. The van der Waals surface area contributed by atoms with Crippen LogP contribution in [0.5, 0.6) is 0 Å². The molecule has 3 rings (SSSR count). The number of rotatable bonds is 3. The second-order valence-electron chi connectivity index (χ2n) is 4.85. The normalized spacial score (nSPS) is 10.5. The van der Waals surface area contributed by atoms with Gasteiger partial charge in [0.1, 0.15) is 0 Å². The van der Waals surface area contributed by atoms with Crippen molar-refractivity contribution in [1.82, 2.24) is 0 Å². The van der Waals surface area contributed by atoms with Crippen LogP contribution in [-0.2, 0) is 4.74 Å². The third-order valence-corrected chi connectivity index (χ3v) is 3.47. The predicted molar refractivity (Wildman–Crippen MR) is 83.7 cm³/mol. The Morgan fingerprint density at radius 1 is 0.957 bits per heavy atom. The topological polar surface area (TPSA) is 73.6 Å². The van der Waals surface area contributed by atoms with Gasteiger partial charge in [-0.15, -0.1) is 0 Å². The van der Waals surface area contributed by atoms with Crippen LogP contribution in [0.2, 0.25) is 0 Å². The second kappa shape index (κ2) is 5.88. The van der Waals surface area contributed by atoms with Gasteiger partial charge in [0.25, 0.3) is 0 Å². The molecular formula is C18H12O5. The SMILES string of the molecule is COC(=O)c1ccccc1C(=O)c1cc2ccccc2c(=O)o1. The number of benzene rings is 2. The summed E-state index contributed by atoms with van der Waals surface area (Å²) in [5.41, 5.74) is -0.351. The van der Waals surface area contributed by atoms with Crippen LogP contribution in [0.3, 0.4) is 0 Å². The smallest absolute Gasteiger partial charge is 0.344 e. The molecule has 0 atom stereocenters. The first kappa shape index (κ1) is 14.7. The summed E-state index contributed by atoms with van der Waals surface area (Å²) in [7, 11) is 1.24. The fraction of sp³-hybridized carbons (Fsp3) is 0.0556. The molecule has 0 spiro atoms. The third kappa shape index (κ3) is 2.64. The van der Waals surface area contributed by atoms with E-state index in [4.69, 9.17) is 4.42 Å². The van der Waals surface area contributed by atoms with Gasteiger partial charge in [-0.2, -0.15) is 0 Å². The Labute approximate surface area is 131 Å². The van der Waals surface area contributed by atoms with E-state index in [0.29, 0.717) is 10.8 Å². The summed E-state index contributed by atoms with van der Waals surface area (Å²) in [5.74, 6) is -1.30. The van der Waals surface area contributed by atoms with Crippen molar-refractivity contribution in [2.24, 2.45) is 0 Å². The molecule has 0 bridgehead atoms. The highest BCUT2D eigenvalue weighted by molar-refractivity contribution is 6.13. The highest BCUT2D eigenvalue weighted by Gasteiger charge is 2.21. The molecule has 5 heteroatoms. The van der Waals surface area contributed by atoms with Gasteiger partial charge in [-0.05, 0) is 23.6 Å². The highest BCUT2D eigenvalue weighted by atomic mass is 16.5. The van der Waals surface area contributed by atoms with Crippen molar-refractivity contribution in [2.75, 3.05) is 7.11 Å². The average molecular weight is 308 g/mol. The van der Waals surface area contributed by atoms with Crippen LogP contribution in [0.15, 0.2) is 63.8 Å². The van der Waals surface area contributed by atoms with E-state index in [2.05, 4.69) is 4.74 Å². The standard InChI is InChI=1S/C18H12O5/c1-22-17(20)14-9-5-4-8-13(14)16(19)15-10-11-6-2-3-7-12(11)18(21)23-15/h2-10H,1H3. The Morgan fingerprint density at radius 2 is 1.61 bits per heavy atom. The minimum atomic E-state index is -0.628. The molecule has 0 aliphatic heterocycles. The predicted octanol–water partition coefficient (Wildman–Crippen LogP) is 2.81. The first-order valence-corrected chi connectivity index (χ1v) is 6.87. The van der Waals surface area contributed by atoms with Gasteiger partial charge in [0.2, 0.25) is 5.78 Å². The van der Waals surface area contributed by atoms with Crippen molar-refractivity contribution in [1.29, 1.82) is 0 Å². The Balaban J connectivity index is 2.15. The van der Waals surface area contributed by atoms with Gasteiger partial charge >= 0.3 is 11.6 Å². The third-order valence-electron chi connectivity index (χ3n) is 3.47. The average Bonchev–Trinajstić information content (AvgIpc) is 2.60. The minimum absolute atomic E-state index is 0.120. The zero-order chi connectivity index (χ0) is 16.4. The monoisotopic (exact) mass is 308 g/mol. The summed E-state index contributed by atoms with van der Waals surface area (Å²) in [5, 5.41) is 0.993. The van der Waals surface area contributed by atoms with Crippen LogP contribution >= 0.6 is 0 Å². The Kier molecular flexibility index (Phi) is 3.76. The van der Waals surface area contributed by atoms with Crippen molar-refractivity contribution in [3.05, 3.63) is 81.9 Å². The van der Waals surface area contributed by atoms with Crippen molar-refractivity contribution >= 4 is 22.5 Å². The molecular weight excluding hydrogens is 296 g/mol. The molecule has 23 heavy (non-hydrogen) atoms. The lowest BCUT2D eigenvalue weighted by molar-refractivity contribution is 0.0597. The Hall–Kier alpha value is -3.21. The number of esters is 1. The molecule has 0 aliphatic carbocycles. The van der Waals surface area contributed by atoms with Crippen molar-refractivity contribution in [3.8, 4) is 0 Å². The first-order valence-electron chi connectivity index (χ1n) is 6.87. The molecule has 2 aromatic carbocycles. The lowest BCUT2D eigenvalue weighted by atomic mass is 10.0. The number of ketones is 1. The molecule has 0 fully saturated rings. The molecule has 0 amide bonds. The summed E-state index contributed by atoms with van der Waals surface area (Å²) < 4.78 is 9.79. The quantitative estimate of drug-likeness (QED) is 0.549. The second-order valence-corrected chi connectivity index (χ2v) is 4.85. The van der Waals surface area contributed by atoms with Crippen LogP contribution in [0, 0.1) is 0 Å². The molecule has 0 saturated heterocycles. The van der Waals surface area contributed by atoms with E-state index in [-0.39, 0.29) is 16.9 Å². The van der Waals surface area contributed by atoms with E-state index >= 15 is 0 Å². The molecule has 0 radical (unpaired) electrons. The van der Waals surface area contributed by atoms with Gasteiger partial charge in [-0.3, -0.25) is 4.79 Å². The van der Waals surface area contributed by atoms with Crippen LogP contribution in [-0.4, -0.2) is 18.9 Å². The summed E-state index contributed by atoms with van der Waals surface area (Å²) in [6.07, 6.45) is 0. The number of carbonyl (C=O) groups excluding carboxylic acids is 2. The van der Waals surface area contributed by atoms with Crippen molar-refractivity contribution in [3.63, 3.8) is 0 Å². The minimum Gasteiger partial charge on any atom is -0.465 e. The zero-order valence-electron chi connectivity index (χ0n) is 12.2. The molecule has 0 unspecified atom stereocenters. The maximum absolute atomic E-state index is 12.6. The van der Waals surface area contributed by atoms with E-state index in [1.165, 1.54) is 25.3 Å². The lowest BCUT2D eigenvalue weighted by Crippen LogP contribution is -2.13. The Morgan fingerprint density at radius 3 is 2.35 bits per heavy atom. The van der Waals surface area contributed by atoms with Crippen molar-refractivity contribution in [2.45, 2.75) is 0 Å². The number of hydrogen-bond donors (Lipinski definition) is 0. The zero-order valence-corrected chi connectivity index (χ0v) is 12.2. The molecule has 0 N–H and O–H groups in total. The summed E-state index contributed by atoms with van der Waals surface area (Å²) in [6.45, 7) is 0. The lowest BCUT2D eigenvalue weighted by Gasteiger charge is -2.06. The molecule has 1 heterocycles. The van der Waals surface area contributed by atoms with E-state index in [9.17, 15) is 14.4 Å². The van der Waals surface area contributed by atoms with Crippen LogP contribution in [0.25, 0.3) is 10.8 Å². The van der Waals surface area contributed by atoms with Gasteiger partial charge in [0, 0.05) is 5.56 Å². The van der Waals surface area contributed by atoms with Gasteiger partial charge < -0.3 is 9.15 Å². The van der Waals surface area contributed by atoms with Gasteiger partial charge in [0.15, 0.2) is 5.76 Å². The summed E-state index contributed by atoms with van der Waals surface area (Å²) in [6, 6.07) is 14.5. The van der Waals surface area contributed by atoms with E-state index in [1.807, 2.05) is 0 Å². The van der Waals surface area contributed by atoms with Crippen LogP contribution in [0.4, 0.5) is 0 Å². The largest absolute Gasteiger partial charge is 0.465 e. The Bertz CT molecular complexity index is 968. The van der Waals surface area contributed by atoms with E-state index in [0.717, 1.165) is 0 Å². The fourth-order valence-corrected chi connectivity index (χ4v) is 2.35. The van der Waals surface area contributed by atoms with E-state index in [1.54, 1.807) is 36.4 Å². The highest BCUT2D eigenvalue weighted by Crippen LogP contribution is 2.18. The molecule has 114 valence electrons. The van der Waals surface area contributed by atoms with E-state index < -0.39 is 17.4 Å². The maximum Gasteiger partial charge on any atom is 0.344 e. The first-order chi connectivity index (χ1) is 11.1. The summed E-state index contributed by atoms with van der Waals surface area (Å²) in [4.78, 5) is 36.4. The molecule has 3 aromatic rings. The van der Waals surface area contributed by atoms with Gasteiger partial charge in [0.05, 0.1) is 18.1 Å².